The van der Waals surface area contributed by atoms with E-state index in [1.807, 2.05) is 6.20 Å². The first-order chi connectivity index (χ1) is 9.48. The molecule has 2 aliphatic rings. The topological polar surface area (TPSA) is 38.1 Å². The number of hydrogen-bond donors (Lipinski definition) is 0. The van der Waals surface area contributed by atoms with Crippen LogP contribution in [0.1, 0.15) is 25.6 Å². The van der Waals surface area contributed by atoms with Crippen LogP contribution < -0.4 is 0 Å². The van der Waals surface area contributed by atoms with Crippen LogP contribution in [0.5, 0.6) is 0 Å². The average molecular weight is 283 g/mol. The van der Waals surface area contributed by atoms with Gasteiger partial charge in [-0.15, -0.1) is 0 Å². The maximum Gasteiger partial charge on any atom is 0.249 e. The largest absolute Gasteiger partial charge is 0.342 e. The molecular weight excluding hydrogens is 264 g/mol. The van der Waals surface area contributed by atoms with E-state index in [-0.39, 0.29) is 18.7 Å². The smallest absolute Gasteiger partial charge is 0.249 e. The SMILES string of the molecule is CCc1nccn1CC1CN(C(=O)C2CC(F)(F)C2)C1. The van der Waals surface area contributed by atoms with Crippen molar-refractivity contribution in [2.45, 2.75) is 38.7 Å². The number of carbonyl (C=O) groups excluding carboxylic acids is 1. The summed E-state index contributed by atoms with van der Waals surface area (Å²) >= 11 is 0. The molecule has 0 radical (unpaired) electrons. The zero-order chi connectivity index (χ0) is 14.3. The lowest BCUT2D eigenvalue weighted by atomic mass is 9.79. The van der Waals surface area contributed by atoms with Crippen molar-refractivity contribution >= 4 is 5.91 Å². The molecule has 0 atom stereocenters. The number of amides is 1. The van der Waals surface area contributed by atoms with E-state index in [1.54, 1.807) is 11.1 Å². The van der Waals surface area contributed by atoms with E-state index < -0.39 is 11.8 Å². The maximum atomic E-state index is 12.8. The van der Waals surface area contributed by atoms with Crippen LogP contribution in [0.25, 0.3) is 0 Å². The molecule has 1 saturated carbocycles. The van der Waals surface area contributed by atoms with Crippen LogP contribution in [0.15, 0.2) is 12.4 Å². The molecule has 1 aliphatic carbocycles. The second kappa shape index (κ2) is 4.82. The van der Waals surface area contributed by atoms with Gasteiger partial charge in [-0.3, -0.25) is 4.79 Å². The van der Waals surface area contributed by atoms with Crippen molar-refractivity contribution in [1.82, 2.24) is 14.5 Å². The molecular formula is C14H19F2N3O. The molecule has 2 fully saturated rings. The Bertz CT molecular complexity index is 500. The number of hydrogen-bond acceptors (Lipinski definition) is 2. The van der Waals surface area contributed by atoms with Crippen molar-refractivity contribution in [3.8, 4) is 0 Å². The van der Waals surface area contributed by atoms with Crippen LogP contribution in [-0.2, 0) is 17.8 Å². The molecule has 1 amide bonds. The van der Waals surface area contributed by atoms with E-state index >= 15 is 0 Å². The molecule has 110 valence electrons. The summed E-state index contributed by atoms with van der Waals surface area (Å²) < 4.78 is 27.6. The molecule has 0 N–H and O–H groups in total. The summed E-state index contributed by atoms with van der Waals surface area (Å²) in [5.74, 6) is -1.69. The predicted molar refractivity (Wildman–Crippen MR) is 69.3 cm³/mol. The molecule has 1 aromatic heterocycles. The molecule has 3 rings (SSSR count). The number of nitrogens with zero attached hydrogens (tertiary/aromatic N) is 3. The molecule has 6 heteroatoms. The minimum absolute atomic E-state index is 0.0893. The summed E-state index contributed by atoms with van der Waals surface area (Å²) in [4.78, 5) is 17.9. The van der Waals surface area contributed by atoms with Gasteiger partial charge in [-0.1, -0.05) is 6.92 Å². The van der Waals surface area contributed by atoms with Crippen molar-refractivity contribution in [3.63, 3.8) is 0 Å². The van der Waals surface area contributed by atoms with Gasteiger partial charge in [-0.2, -0.15) is 0 Å². The van der Waals surface area contributed by atoms with E-state index in [0.717, 1.165) is 18.8 Å². The second-order valence-electron chi connectivity index (χ2n) is 5.92. The van der Waals surface area contributed by atoms with Gasteiger partial charge in [0.1, 0.15) is 5.82 Å². The quantitative estimate of drug-likeness (QED) is 0.847. The van der Waals surface area contributed by atoms with Crippen molar-refractivity contribution in [3.05, 3.63) is 18.2 Å². The van der Waals surface area contributed by atoms with Crippen molar-refractivity contribution < 1.29 is 13.6 Å². The van der Waals surface area contributed by atoms with E-state index in [2.05, 4.69) is 16.5 Å². The van der Waals surface area contributed by atoms with Crippen molar-refractivity contribution in [2.24, 2.45) is 11.8 Å². The first kappa shape index (κ1) is 13.5. The Morgan fingerprint density at radius 2 is 2.15 bits per heavy atom. The lowest BCUT2D eigenvalue weighted by molar-refractivity contribution is -0.165. The normalized spacial score (nSPS) is 22.4. The number of likely N-dealkylation sites (tertiary alicyclic amines) is 1. The number of carbonyl (C=O) groups is 1. The van der Waals surface area contributed by atoms with E-state index in [9.17, 15) is 13.6 Å². The number of aromatic nitrogens is 2. The highest BCUT2D eigenvalue weighted by Crippen LogP contribution is 2.43. The molecule has 0 unspecified atom stereocenters. The van der Waals surface area contributed by atoms with Gasteiger partial charge in [-0.05, 0) is 0 Å². The molecule has 20 heavy (non-hydrogen) atoms. The second-order valence-corrected chi connectivity index (χ2v) is 5.92. The number of aryl methyl sites for hydroxylation is 1. The summed E-state index contributed by atoms with van der Waals surface area (Å²) in [6, 6.07) is 0. The molecule has 0 bridgehead atoms. The molecule has 2 heterocycles. The van der Waals surface area contributed by atoms with Gasteiger partial charge in [-0.25, -0.2) is 13.8 Å². The van der Waals surface area contributed by atoms with Crippen LogP contribution in [0.4, 0.5) is 8.78 Å². The molecule has 1 aromatic rings. The Morgan fingerprint density at radius 1 is 1.45 bits per heavy atom. The van der Waals surface area contributed by atoms with E-state index in [1.165, 1.54) is 0 Å². The first-order valence-electron chi connectivity index (χ1n) is 7.15. The standard InChI is InChI=1S/C14H19F2N3O/c1-2-12-17-3-4-18(12)7-10-8-19(9-10)13(20)11-5-14(15,16)6-11/h3-4,10-11H,2,5-9H2,1H3. The monoisotopic (exact) mass is 283 g/mol. The van der Waals surface area contributed by atoms with Crippen LogP contribution in [-0.4, -0.2) is 39.4 Å². The zero-order valence-corrected chi connectivity index (χ0v) is 11.6. The molecule has 1 saturated heterocycles. The fourth-order valence-corrected chi connectivity index (χ4v) is 3.06. The number of imidazole rings is 1. The summed E-state index contributed by atoms with van der Waals surface area (Å²) in [7, 11) is 0. The molecule has 1 aliphatic heterocycles. The minimum atomic E-state index is -2.61. The Morgan fingerprint density at radius 3 is 2.75 bits per heavy atom. The van der Waals surface area contributed by atoms with Gasteiger partial charge in [0, 0.05) is 63.1 Å². The van der Waals surface area contributed by atoms with Gasteiger partial charge in [0.05, 0.1) is 0 Å². The summed E-state index contributed by atoms with van der Waals surface area (Å²) in [5, 5.41) is 0. The molecule has 0 aromatic carbocycles. The van der Waals surface area contributed by atoms with Gasteiger partial charge >= 0.3 is 0 Å². The highest BCUT2D eigenvalue weighted by Gasteiger charge is 2.50. The lowest BCUT2D eigenvalue weighted by Gasteiger charge is -2.44. The van der Waals surface area contributed by atoms with Crippen LogP contribution in [0.2, 0.25) is 0 Å². The number of alkyl halides is 2. The number of halogens is 2. The van der Waals surface area contributed by atoms with Gasteiger partial charge in [0.25, 0.3) is 0 Å². The Labute approximate surface area is 116 Å². The summed E-state index contributed by atoms with van der Waals surface area (Å²) in [6.07, 6.45) is 4.09. The third-order valence-corrected chi connectivity index (χ3v) is 4.28. The van der Waals surface area contributed by atoms with Crippen LogP contribution in [0, 0.1) is 11.8 Å². The fraction of sp³-hybridized carbons (Fsp3) is 0.714. The van der Waals surface area contributed by atoms with Gasteiger partial charge < -0.3 is 9.47 Å². The maximum absolute atomic E-state index is 12.8. The van der Waals surface area contributed by atoms with Crippen LogP contribution >= 0.6 is 0 Å². The first-order valence-corrected chi connectivity index (χ1v) is 7.15. The Balaban J connectivity index is 1.46. The highest BCUT2D eigenvalue weighted by atomic mass is 19.3. The molecule has 4 nitrogen and oxygen atoms in total. The highest BCUT2D eigenvalue weighted by molar-refractivity contribution is 5.80. The molecule has 0 spiro atoms. The van der Waals surface area contributed by atoms with Crippen molar-refractivity contribution in [1.29, 1.82) is 0 Å². The minimum Gasteiger partial charge on any atom is -0.342 e. The lowest BCUT2D eigenvalue weighted by Crippen LogP contribution is -2.56. The van der Waals surface area contributed by atoms with Crippen LogP contribution in [0.3, 0.4) is 0 Å². The average Bonchev–Trinajstić information content (AvgIpc) is 2.76. The van der Waals surface area contributed by atoms with E-state index in [0.29, 0.717) is 19.0 Å². The third-order valence-electron chi connectivity index (χ3n) is 4.28. The summed E-state index contributed by atoms with van der Waals surface area (Å²) in [6.45, 7) is 4.28. The fourth-order valence-electron chi connectivity index (χ4n) is 3.06. The van der Waals surface area contributed by atoms with Gasteiger partial charge in [0.2, 0.25) is 11.8 Å². The van der Waals surface area contributed by atoms with Gasteiger partial charge in [0.15, 0.2) is 0 Å². The summed E-state index contributed by atoms with van der Waals surface area (Å²) in [5.41, 5.74) is 0. The third kappa shape index (κ3) is 2.43. The Kier molecular flexibility index (Phi) is 3.26. The predicted octanol–water partition coefficient (Wildman–Crippen LogP) is 1.95. The number of rotatable bonds is 4. The van der Waals surface area contributed by atoms with Crippen molar-refractivity contribution in [2.75, 3.05) is 13.1 Å². The zero-order valence-electron chi connectivity index (χ0n) is 11.6. The van der Waals surface area contributed by atoms with E-state index in [4.69, 9.17) is 0 Å². The Hall–Kier alpha value is -1.46.